The molecule has 2 heterocycles. The van der Waals surface area contributed by atoms with Crippen LogP contribution < -0.4 is 10.2 Å². The number of nitrogens with one attached hydrogen (secondary N) is 1. The Bertz CT molecular complexity index is 453. The van der Waals surface area contributed by atoms with E-state index in [-0.39, 0.29) is 6.10 Å². The predicted octanol–water partition coefficient (Wildman–Crippen LogP) is 2.85. The van der Waals surface area contributed by atoms with Crippen molar-refractivity contribution in [3.63, 3.8) is 0 Å². The molecule has 1 N–H and O–H groups in total. The molecule has 1 aromatic rings. The molecular weight excluding hydrogens is 274 g/mol. The van der Waals surface area contributed by atoms with Crippen molar-refractivity contribution in [2.24, 2.45) is 0 Å². The molecule has 1 aromatic heterocycles. The molecule has 0 saturated carbocycles. The van der Waals surface area contributed by atoms with Crippen LogP contribution in [0.2, 0.25) is 5.02 Å². The topological polar surface area (TPSA) is 37.4 Å². The number of anilines is 1. The lowest BCUT2D eigenvalue weighted by Crippen LogP contribution is -2.47. The molecule has 1 saturated heterocycles. The van der Waals surface area contributed by atoms with E-state index < -0.39 is 0 Å². The number of aromatic nitrogens is 1. The molecule has 1 aliphatic rings. The van der Waals surface area contributed by atoms with Gasteiger partial charge in [0, 0.05) is 25.3 Å². The second-order valence-electron chi connectivity index (χ2n) is 5.81. The first-order chi connectivity index (χ1) is 9.47. The normalized spacial score (nSPS) is 23.4. The lowest BCUT2D eigenvalue weighted by molar-refractivity contribution is 0.0340. The van der Waals surface area contributed by atoms with Crippen molar-refractivity contribution < 1.29 is 4.74 Å². The van der Waals surface area contributed by atoms with Gasteiger partial charge in [0.05, 0.1) is 23.8 Å². The van der Waals surface area contributed by atoms with Crippen LogP contribution in [0.5, 0.6) is 0 Å². The molecule has 0 aliphatic carbocycles. The van der Waals surface area contributed by atoms with Crippen LogP contribution >= 0.6 is 11.6 Å². The van der Waals surface area contributed by atoms with Gasteiger partial charge in [0.1, 0.15) is 5.82 Å². The largest absolute Gasteiger partial charge is 0.375 e. The second-order valence-corrected chi connectivity index (χ2v) is 6.22. The Morgan fingerprint density at radius 3 is 2.95 bits per heavy atom. The highest BCUT2D eigenvalue weighted by atomic mass is 35.5. The highest BCUT2D eigenvalue weighted by molar-refractivity contribution is 6.31. The van der Waals surface area contributed by atoms with Crippen LogP contribution in [0.1, 0.15) is 33.3 Å². The van der Waals surface area contributed by atoms with Crippen LogP contribution in [0.4, 0.5) is 5.82 Å². The summed E-state index contributed by atoms with van der Waals surface area (Å²) in [7, 11) is 0. The average molecular weight is 298 g/mol. The van der Waals surface area contributed by atoms with Crippen LogP contribution in [0.3, 0.4) is 0 Å². The predicted molar refractivity (Wildman–Crippen MR) is 83.4 cm³/mol. The summed E-state index contributed by atoms with van der Waals surface area (Å²) in [6.07, 6.45) is 1.99. The van der Waals surface area contributed by atoms with Crippen molar-refractivity contribution in [1.82, 2.24) is 10.3 Å². The highest BCUT2D eigenvalue weighted by Crippen LogP contribution is 2.24. The van der Waals surface area contributed by atoms with E-state index in [0.717, 1.165) is 36.1 Å². The summed E-state index contributed by atoms with van der Waals surface area (Å²) in [6, 6.07) is 2.86. The van der Waals surface area contributed by atoms with Crippen molar-refractivity contribution in [3.05, 3.63) is 22.8 Å². The van der Waals surface area contributed by atoms with E-state index >= 15 is 0 Å². The first kappa shape index (κ1) is 15.5. The summed E-state index contributed by atoms with van der Waals surface area (Å²) in [4.78, 5) is 6.78. The van der Waals surface area contributed by atoms with Crippen LogP contribution in [0.25, 0.3) is 0 Å². The van der Waals surface area contributed by atoms with Gasteiger partial charge in [-0.25, -0.2) is 4.98 Å². The zero-order valence-corrected chi connectivity index (χ0v) is 13.4. The average Bonchev–Trinajstić information content (AvgIpc) is 2.40. The number of pyridine rings is 1. The summed E-state index contributed by atoms with van der Waals surface area (Å²) in [5.74, 6) is 0.984. The number of hydrogen-bond acceptors (Lipinski definition) is 4. The van der Waals surface area contributed by atoms with E-state index in [9.17, 15) is 0 Å². The number of morpholine rings is 1. The second kappa shape index (κ2) is 6.74. The summed E-state index contributed by atoms with van der Waals surface area (Å²) in [5.41, 5.74) is 1.09. The third-order valence-corrected chi connectivity index (χ3v) is 3.86. The van der Waals surface area contributed by atoms with Gasteiger partial charge in [-0.05, 0) is 25.5 Å². The Balaban J connectivity index is 2.17. The quantitative estimate of drug-likeness (QED) is 0.927. The van der Waals surface area contributed by atoms with Gasteiger partial charge in [-0.15, -0.1) is 0 Å². The minimum Gasteiger partial charge on any atom is -0.375 e. The SMILES string of the molecule is CC(C)NCc1cc(N2CC(C)OCC2C)ncc1Cl. The fourth-order valence-electron chi connectivity index (χ4n) is 2.30. The molecule has 5 heteroatoms. The molecule has 112 valence electrons. The standard InChI is InChI=1S/C15H24ClN3O/c1-10(2)17-6-13-5-15(18-7-14(13)16)19-8-12(4)20-9-11(19)3/h5,7,10-12,17H,6,8-9H2,1-4H3. The van der Waals surface area contributed by atoms with Crippen molar-refractivity contribution in [2.45, 2.75) is 52.4 Å². The van der Waals surface area contributed by atoms with Gasteiger partial charge in [-0.1, -0.05) is 25.4 Å². The van der Waals surface area contributed by atoms with Gasteiger partial charge in [0.2, 0.25) is 0 Å². The summed E-state index contributed by atoms with van der Waals surface area (Å²) >= 11 is 6.24. The highest BCUT2D eigenvalue weighted by Gasteiger charge is 2.24. The van der Waals surface area contributed by atoms with E-state index in [1.54, 1.807) is 6.20 Å². The Hall–Kier alpha value is -0.840. The van der Waals surface area contributed by atoms with E-state index in [2.05, 4.69) is 49.0 Å². The molecule has 1 fully saturated rings. The lowest BCUT2D eigenvalue weighted by atomic mass is 10.2. The maximum atomic E-state index is 6.24. The zero-order chi connectivity index (χ0) is 14.7. The number of ether oxygens (including phenoxy) is 1. The number of halogens is 1. The van der Waals surface area contributed by atoms with Gasteiger partial charge >= 0.3 is 0 Å². The first-order valence-corrected chi connectivity index (χ1v) is 7.61. The third-order valence-electron chi connectivity index (χ3n) is 3.52. The fourth-order valence-corrected chi connectivity index (χ4v) is 2.47. The van der Waals surface area contributed by atoms with E-state index in [4.69, 9.17) is 16.3 Å². The van der Waals surface area contributed by atoms with E-state index in [1.165, 1.54) is 0 Å². The molecule has 2 atom stereocenters. The van der Waals surface area contributed by atoms with Gasteiger partial charge in [0.25, 0.3) is 0 Å². The molecule has 0 spiro atoms. The van der Waals surface area contributed by atoms with Gasteiger partial charge in [-0.3, -0.25) is 0 Å². The van der Waals surface area contributed by atoms with Crippen LogP contribution in [-0.4, -0.2) is 36.3 Å². The summed E-state index contributed by atoms with van der Waals surface area (Å²) in [5, 5.41) is 4.12. The van der Waals surface area contributed by atoms with Crippen LogP contribution in [0.15, 0.2) is 12.3 Å². The third kappa shape index (κ3) is 3.84. The minimum atomic E-state index is 0.237. The van der Waals surface area contributed by atoms with Crippen molar-refractivity contribution in [3.8, 4) is 0 Å². The zero-order valence-electron chi connectivity index (χ0n) is 12.7. The molecule has 0 radical (unpaired) electrons. The Kier molecular flexibility index (Phi) is 5.24. The Morgan fingerprint density at radius 1 is 1.50 bits per heavy atom. The maximum absolute atomic E-state index is 6.24. The van der Waals surface area contributed by atoms with Crippen LogP contribution in [-0.2, 0) is 11.3 Å². The van der Waals surface area contributed by atoms with Gasteiger partial charge < -0.3 is 15.0 Å². The van der Waals surface area contributed by atoms with E-state index in [1.807, 2.05) is 0 Å². The smallest absolute Gasteiger partial charge is 0.129 e. The molecule has 0 aromatic carbocycles. The number of rotatable bonds is 4. The maximum Gasteiger partial charge on any atom is 0.129 e. The first-order valence-electron chi connectivity index (χ1n) is 7.23. The van der Waals surface area contributed by atoms with Crippen molar-refractivity contribution in [2.75, 3.05) is 18.1 Å². The molecule has 20 heavy (non-hydrogen) atoms. The summed E-state index contributed by atoms with van der Waals surface area (Å²) in [6.45, 7) is 10.9. The summed E-state index contributed by atoms with van der Waals surface area (Å²) < 4.78 is 5.67. The molecular formula is C15H24ClN3O. The Morgan fingerprint density at radius 2 is 2.25 bits per heavy atom. The fraction of sp³-hybridized carbons (Fsp3) is 0.667. The van der Waals surface area contributed by atoms with E-state index in [0.29, 0.717) is 12.1 Å². The molecule has 2 unspecified atom stereocenters. The number of hydrogen-bond donors (Lipinski definition) is 1. The van der Waals surface area contributed by atoms with Gasteiger partial charge in [0.15, 0.2) is 0 Å². The molecule has 4 nitrogen and oxygen atoms in total. The molecule has 2 rings (SSSR count). The molecule has 1 aliphatic heterocycles. The van der Waals surface area contributed by atoms with Crippen molar-refractivity contribution in [1.29, 1.82) is 0 Å². The monoisotopic (exact) mass is 297 g/mol. The molecule has 0 bridgehead atoms. The van der Waals surface area contributed by atoms with Gasteiger partial charge in [-0.2, -0.15) is 0 Å². The number of nitrogens with zero attached hydrogens (tertiary/aromatic N) is 2. The Labute approximate surface area is 126 Å². The van der Waals surface area contributed by atoms with Crippen LogP contribution in [0, 0.1) is 0 Å². The van der Waals surface area contributed by atoms with Crippen molar-refractivity contribution >= 4 is 17.4 Å². The molecule has 0 amide bonds. The lowest BCUT2D eigenvalue weighted by Gasteiger charge is -2.37. The minimum absolute atomic E-state index is 0.237.